The van der Waals surface area contributed by atoms with Gasteiger partial charge in [0, 0.05) is 24.7 Å². The van der Waals surface area contributed by atoms with Gasteiger partial charge in [0.1, 0.15) is 0 Å². The number of aromatic nitrogens is 1. The summed E-state index contributed by atoms with van der Waals surface area (Å²) in [7, 11) is 0. The van der Waals surface area contributed by atoms with Crippen molar-refractivity contribution in [2.45, 2.75) is 26.9 Å². The van der Waals surface area contributed by atoms with E-state index in [0.717, 1.165) is 30.8 Å². The van der Waals surface area contributed by atoms with E-state index in [9.17, 15) is 0 Å². The number of hydrogen-bond acceptors (Lipinski definition) is 2. The molecule has 1 heterocycles. The summed E-state index contributed by atoms with van der Waals surface area (Å²) < 4.78 is 2.22. The van der Waals surface area contributed by atoms with E-state index < -0.39 is 0 Å². The quantitative estimate of drug-likeness (QED) is 0.772. The van der Waals surface area contributed by atoms with Crippen LogP contribution in [-0.4, -0.2) is 11.1 Å². The van der Waals surface area contributed by atoms with E-state index in [1.54, 1.807) is 0 Å². The van der Waals surface area contributed by atoms with Gasteiger partial charge >= 0.3 is 0 Å². The van der Waals surface area contributed by atoms with Gasteiger partial charge in [-0.15, -0.1) is 0 Å². The van der Waals surface area contributed by atoms with Gasteiger partial charge in [0.2, 0.25) is 0 Å². The Morgan fingerprint density at radius 2 is 2.12 bits per heavy atom. The standard InChI is InChI=1S/C13H19N3/c1-3-15-8-10-9-16(4-2)13-11(10)6-5-7-12(13)14/h5-7,9,15H,3-4,8,14H2,1-2H3. The van der Waals surface area contributed by atoms with Crippen LogP contribution in [0.5, 0.6) is 0 Å². The van der Waals surface area contributed by atoms with Crippen LogP contribution in [0, 0.1) is 0 Å². The average Bonchev–Trinajstić information content (AvgIpc) is 2.66. The van der Waals surface area contributed by atoms with E-state index in [2.05, 4.69) is 36.0 Å². The van der Waals surface area contributed by atoms with Crippen molar-refractivity contribution in [3.63, 3.8) is 0 Å². The van der Waals surface area contributed by atoms with Crippen molar-refractivity contribution in [2.75, 3.05) is 12.3 Å². The second-order valence-corrected chi connectivity index (χ2v) is 3.96. The zero-order valence-electron chi connectivity index (χ0n) is 9.96. The number of nitrogen functional groups attached to an aromatic ring is 1. The van der Waals surface area contributed by atoms with Crippen LogP contribution in [0.4, 0.5) is 5.69 Å². The average molecular weight is 217 g/mol. The van der Waals surface area contributed by atoms with E-state index in [4.69, 9.17) is 5.73 Å². The van der Waals surface area contributed by atoms with Crippen LogP contribution in [0.2, 0.25) is 0 Å². The molecule has 2 aromatic rings. The molecule has 0 aliphatic rings. The number of anilines is 1. The third-order valence-corrected chi connectivity index (χ3v) is 2.92. The van der Waals surface area contributed by atoms with Gasteiger partial charge in [-0.1, -0.05) is 19.1 Å². The molecule has 0 aliphatic heterocycles. The highest BCUT2D eigenvalue weighted by Gasteiger charge is 2.08. The molecule has 16 heavy (non-hydrogen) atoms. The first kappa shape index (κ1) is 11.0. The molecule has 1 aromatic heterocycles. The highest BCUT2D eigenvalue weighted by molar-refractivity contribution is 5.93. The predicted molar refractivity (Wildman–Crippen MR) is 69.4 cm³/mol. The highest BCUT2D eigenvalue weighted by Crippen LogP contribution is 2.26. The Bertz CT molecular complexity index is 485. The maximum absolute atomic E-state index is 6.03. The van der Waals surface area contributed by atoms with E-state index in [1.165, 1.54) is 10.9 Å². The number of nitrogens with one attached hydrogen (secondary N) is 1. The number of rotatable bonds is 4. The van der Waals surface area contributed by atoms with Crippen molar-refractivity contribution in [1.82, 2.24) is 9.88 Å². The second kappa shape index (κ2) is 4.58. The molecule has 1 aromatic carbocycles. The molecule has 0 fully saturated rings. The summed E-state index contributed by atoms with van der Waals surface area (Å²) in [4.78, 5) is 0. The first-order valence-corrected chi connectivity index (χ1v) is 5.84. The topological polar surface area (TPSA) is 43.0 Å². The Kier molecular flexibility index (Phi) is 3.15. The van der Waals surface area contributed by atoms with Crippen molar-refractivity contribution in [3.05, 3.63) is 30.0 Å². The van der Waals surface area contributed by atoms with Crippen molar-refractivity contribution in [1.29, 1.82) is 0 Å². The number of benzene rings is 1. The van der Waals surface area contributed by atoms with E-state index in [1.807, 2.05) is 12.1 Å². The van der Waals surface area contributed by atoms with Crippen LogP contribution in [0.3, 0.4) is 0 Å². The lowest BCUT2D eigenvalue weighted by atomic mass is 10.1. The predicted octanol–water partition coefficient (Wildman–Crippen LogP) is 2.35. The van der Waals surface area contributed by atoms with E-state index in [-0.39, 0.29) is 0 Å². The summed E-state index contributed by atoms with van der Waals surface area (Å²) in [6.07, 6.45) is 2.20. The SMILES string of the molecule is CCNCc1cn(CC)c2c(N)cccc12. The minimum absolute atomic E-state index is 0.863. The Morgan fingerprint density at radius 3 is 2.81 bits per heavy atom. The van der Waals surface area contributed by atoms with Crippen LogP contribution < -0.4 is 11.1 Å². The number of para-hydroxylation sites is 1. The molecule has 0 radical (unpaired) electrons. The molecule has 3 nitrogen and oxygen atoms in total. The van der Waals surface area contributed by atoms with Crippen LogP contribution in [0.15, 0.2) is 24.4 Å². The maximum Gasteiger partial charge on any atom is 0.0717 e. The van der Waals surface area contributed by atoms with Gasteiger partial charge in [-0.05, 0) is 25.1 Å². The number of hydrogen-bond donors (Lipinski definition) is 2. The number of fused-ring (bicyclic) bond motifs is 1. The molecule has 0 saturated heterocycles. The van der Waals surface area contributed by atoms with Gasteiger partial charge in [0.25, 0.3) is 0 Å². The van der Waals surface area contributed by atoms with E-state index in [0.29, 0.717) is 0 Å². The molecule has 86 valence electrons. The minimum atomic E-state index is 0.863. The van der Waals surface area contributed by atoms with Gasteiger partial charge < -0.3 is 15.6 Å². The summed E-state index contributed by atoms with van der Waals surface area (Å²) in [6.45, 7) is 7.11. The van der Waals surface area contributed by atoms with Crippen molar-refractivity contribution in [3.8, 4) is 0 Å². The number of nitrogens with zero attached hydrogens (tertiary/aromatic N) is 1. The Balaban J connectivity index is 2.54. The number of aryl methyl sites for hydroxylation is 1. The van der Waals surface area contributed by atoms with Gasteiger partial charge in [-0.25, -0.2) is 0 Å². The normalized spacial score (nSPS) is 11.1. The fourth-order valence-corrected chi connectivity index (χ4v) is 2.11. The Hall–Kier alpha value is -1.48. The molecule has 0 bridgehead atoms. The molecular weight excluding hydrogens is 198 g/mol. The molecule has 3 heteroatoms. The molecule has 0 atom stereocenters. The van der Waals surface area contributed by atoms with Crippen LogP contribution in [0.25, 0.3) is 10.9 Å². The maximum atomic E-state index is 6.03. The van der Waals surface area contributed by atoms with Crippen molar-refractivity contribution < 1.29 is 0 Å². The molecule has 2 rings (SSSR count). The summed E-state index contributed by atoms with van der Waals surface area (Å²) in [5.41, 5.74) is 9.39. The fraction of sp³-hybridized carbons (Fsp3) is 0.385. The third-order valence-electron chi connectivity index (χ3n) is 2.92. The van der Waals surface area contributed by atoms with Crippen LogP contribution in [0.1, 0.15) is 19.4 Å². The van der Waals surface area contributed by atoms with E-state index >= 15 is 0 Å². The third kappa shape index (κ3) is 1.78. The van der Waals surface area contributed by atoms with Crippen molar-refractivity contribution >= 4 is 16.6 Å². The largest absolute Gasteiger partial charge is 0.397 e. The molecule has 0 unspecified atom stereocenters. The minimum Gasteiger partial charge on any atom is -0.397 e. The van der Waals surface area contributed by atoms with Gasteiger partial charge in [0.15, 0.2) is 0 Å². The lowest BCUT2D eigenvalue weighted by Gasteiger charge is -2.02. The fourth-order valence-electron chi connectivity index (χ4n) is 2.11. The van der Waals surface area contributed by atoms with Crippen LogP contribution in [-0.2, 0) is 13.1 Å². The smallest absolute Gasteiger partial charge is 0.0717 e. The summed E-state index contributed by atoms with van der Waals surface area (Å²) in [5, 5.41) is 4.63. The number of nitrogens with two attached hydrogens (primary N) is 1. The molecule has 3 N–H and O–H groups in total. The lowest BCUT2D eigenvalue weighted by molar-refractivity contribution is 0.721. The molecular formula is C13H19N3. The lowest BCUT2D eigenvalue weighted by Crippen LogP contribution is -2.11. The van der Waals surface area contributed by atoms with Gasteiger partial charge in [-0.2, -0.15) is 0 Å². The van der Waals surface area contributed by atoms with Gasteiger partial charge in [-0.3, -0.25) is 0 Å². The van der Waals surface area contributed by atoms with Crippen LogP contribution >= 0.6 is 0 Å². The first-order chi connectivity index (χ1) is 7.77. The zero-order valence-corrected chi connectivity index (χ0v) is 9.96. The zero-order chi connectivity index (χ0) is 11.5. The highest BCUT2D eigenvalue weighted by atomic mass is 15.0. The molecule has 0 amide bonds. The molecule has 0 saturated carbocycles. The molecule has 0 aliphatic carbocycles. The summed E-state index contributed by atoms with van der Waals surface area (Å²) in [5.74, 6) is 0. The molecule has 0 spiro atoms. The Morgan fingerprint density at radius 1 is 1.31 bits per heavy atom. The second-order valence-electron chi connectivity index (χ2n) is 3.96. The van der Waals surface area contributed by atoms with Gasteiger partial charge in [0.05, 0.1) is 11.2 Å². The summed E-state index contributed by atoms with van der Waals surface area (Å²) in [6, 6.07) is 6.13. The first-order valence-electron chi connectivity index (χ1n) is 5.84. The van der Waals surface area contributed by atoms with Crippen molar-refractivity contribution in [2.24, 2.45) is 0 Å². The Labute approximate surface area is 96.2 Å². The summed E-state index contributed by atoms with van der Waals surface area (Å²) >= 11 is 0. The monoisotopic (exact) mass is 217 g/mol.